The number of fused-ring (bicyclic) bond motifs is 1. The zero-order valence-corrected chi connectivity index (χ0v) is 11.9. The topological polar surface area (TPSA) is 64.0 Å². The molecule has 104 valence electrons. The maximum Gasteiger partial charge on any atom is 0.266 e. The Morgan fingerprint density at radius 1 is 1.55 bits per heavy atom. The molecule has 1 amide bonds. The van der Waals surface area contributed by atoms with E-state index in [1.54, 1.807) is 13.1 Å². The summed E-state index contributed by atoms with van der Waals surface area (Å²) in [5.74, 6) is -0.0368. The molecule has 0 radical (unpaired) electrons. The lowest BCUT2D eigenvalue weighted by Gasteiger charge is -2.24. The third kappa shape index (κ3) is 2.51. The molecule has 2 aromatic heterocycles. The lowest BCUT2D eigenvalue weighted by Crippen LogP contribution is -2.39. The van der Waals surface area contributed by atoms with Crippen LogP contribution in [0.3, 0.4) is 0 Å². The Morgan fingerprint density at radius 3 is 3.15 bits per heavy atom. The number of hydrogen-bond donors (Lipinski definition) is 1. The molecule has 0 bridgehead atoms. The van der Waals surface area contributed by atoms with Crippen LogP contribution >= 0.6 is 11.3 Å². The maximum atomic E-state index is 12.0. The quantitative estimate of drug-likeness (QED) is 0.901. The van der Waals surface area contributed by atoms with E-state index in [1.165, 1.54) is 16.0 Å². The van der Waals surface area contributed by atoms with Crippen molar-refractivity contribution in [1.29, 1.82) is 0 Å². The Morgan fingerprint density at radius 2 is 2.40 bits per heavy atom. The van der Waals surface area contributed by atoms with Gasteiger partial charge in [0.1, 0.15) is 0 Å². The summed E-state index contributed by atoms with van der Waals surface area (Å²) in [5.41, 5.74) is 1.82. The highest BCUT2D eigenvalue weighted by atomic mass is 32.1. The Bertz CT molecular complexity index is 691. The molecular weight excluding hydrogens is 274 g/mol. The van der Waals surface area contributed by atoms with Crippen LogP contribution in [0.1, 0.15) is 27.3 Å². The molecular formula is C14H15N3O2S. The summed E-state index contributed by atoms with van der Waals surface area (Å²) >= 11 is 1.43. The van der Waals surface area contributed by atoms with Crippen LogP contribution in [0.4, 0.5) is 0 Å². The lowest BCUT2D eigenvalue weighted by molar-refractivity contribution is 0.0937. The van der Waals surface area contributed by atoms with E-state index in [0.717, 1.165) is 29.0 Å². The summed E-state index contributed by atoms with van der Waals surface area (Å²) in [5, 5.41) is 9.19. The summed E-state index contributed by atoms with van der Waals surface area (Å²) in [6.45, 7) is 0. The third-order valence-corrected chi connectivity index (χ3v) is 4.40. The fourth-order valence-corrected chi connectivity index (χ4v) is 3.10. The smallest absolute Gasteiger partial charge is 0.266 e. The van der Waals surface area contributed by atoms with Gasteiger partial charge in [0.15, 0.2) is 0 Å². The predicted octanol–water partition coefficient (Wildman–Crippen LogP) is 1.13. The molecule has 0 aromatic carbocycles. The molecule has 6 heteroatoms. The molecule has 2 heterocycles. The van der Waals surface area contributed by atoms with Crippen LogP contribution in [0.25, 0.3) is 0 Å². The van der Waals surface area contributed by atoms with Gasteiger partial charge in [-0.25, -0.2) is 4.68 Å². The van der Waals surface area contributed by atoms with Crippen LogP contribution in [-0.2, 0) is 19.9 Å². The van der Waals surface area contributed by atoms with Gasteiger partial charge >= 0.3 is 0 Å². The average Bonchev–Trinajstić information content (AvgIpc) is 2.94. The second kappa shape index (κ2) is 5.20. The molecule has 0 aliphatic heterocycles. The normalized spacial score (nSPS) is 17.6. The highest BCUT2D eigenvalue weighted by Crippen LogP contribution is 2.18. The van der Waals surface area contributed by atoms with Crippen molar-refractivity contribution in [3.05, 3.63) is 50.1 Å². The lowest BCUT2D eigenvalue weighted by atomic mass is 9.92. The predicted molar refractivity (Wildman–Crippen MR) is 77.1 cm³/mol. The Hall–Kier alpha value is -1.95. The first-order chi connectivity index (χ1) is 9.63. The van der Waals surface area contributed by atoms with E-state index in [2.05, 4.69) is 10.4 Å². The van der Waals surface area contributed by atoms with E-state index in [-0.39, 0.29) is 17.5 Å². The highest BCUT2D eigenvalue weighted by molar-refractivity contribution is 7.12. The Labute approximate surface area is 120 Å². The van der Waals surface area contributed by atoms with Crippen molar-refractivity contribution < 1.29 is 4.79 Å². The standard InChI is InChI=1S/C14H15N3O2S/c1-17-13(18)8-9-7-10(4-5-11(9)16-17)15-14(19)12-3-2-6-20-12/h2-3,6,8,10H,4-5,7H2,1H3,(H,15,19). The number of aryl methyl sites for hydroxylation is 2. The molecule has 0 saturated heterocycles. The van der Waals surface area contributed by atoms with Gasteiger partial charge in [-0.15, -0.1) is 11.3 Å². The van der Waals surface area contributed by atoms with Gasteiger partial charge in [-0.1, -0.05) is 6.07 Å². The van der Waals surface area contributed by atoms with Crippen molar-refractivity contribution in [2.45, 2.75) is 25.3 Å². The second-order valence-corrected chi connectivity index (χ2v) is 5.92. The third-order valence-electron chi connectivity index (χ3n) is 3.53. The molecule has 0 saturated carbocycles. The zero-order valence-electron chi connectivity index (χ0n) is 11.1. The molecule has 3 rings (SSSR count). The first-order valence-electron chi connectivity index (χ1n) is 6.54. The summed E-state index contributed by atoms with van der Waals surface area (Å²) < 4.78 is 1.36. The van der Waals surface area contributed by atoms with Crippen molar-refractivity contribution in [2.24, 2.45) is 7.05 Å². The minimum absolute atomic E-state index is 0.0368. The largest absolute Gasteiger partial charge is 0.348 e. The highest BCUT2D eigenvalue weighted by Gasteiger charge is 2.22. The monoisotopic (exact) mass is 289 g/mol. The molecule has 1 unspecified atom stereocenters. The minimum Gasteiger partial charge on any atom is -0.348 e. The van der Waals surface area contributed by atoms with Gasteiger partial charge in [0.25, 0.3) is 11.5 Å². The Balaban J connectivity index is 1.74. The molecule has 0 spiro atoms. The van der Waals surface area contributed by atoms with Crippen molar-refractivity contribution in [3.8, 4) is 0 Å². The molecule has 1 aliphatic carbocycles. The number of nitrogens with one attached hydrogen (secondary N) is 1. The molecule has 1 atom stereocenters. The van der Waals surface area contributed by atoms with Gasteiger partial charge in [-0.3, -0.25) is 9.59 Å². The summed E-state index contributed by atoms with van der Waals surface area (Å²) in [7, 11) is 1.66. The minimum atomic E-state index is -0.103. The van der Waals surface area contributed by atoms with E-state index in [0.29, 0.717) is 6.42 Å². The molecule has 20 heavy (non-hydrogen) atoms. The van der Waals surface area contributed by atoms with E-state index < -0.39 is 0 Å². The van der Waals surface area contributed by atoms with E-state index in [9.17, 15) is 9.59 Å². The first kappa shape index (κ1) is 13.1. The van der Waals surface area contributed by atoms with Gasteiger partial charge in [0, 0.05) is 19.2 Å². The number of aromatic nitrogens is 2. The van der Waals surface area contributed by atoms with Crippen molar-refractivity contribution in [2.75, 3.05) is 0 Å². The summed E-state index contributed by atoms with van der Waals surface area (Å²) in [4.78, 5) is 24.4. The van der Waals surface area contributed by atoms with Crippen molar-refractivity contribution in [3.63, 3.8) is 0 Å². The van der Waals surface area contributed by atoms with Gasteiger partial charge in [0.05, 0.1) is 10.6 Å². The van der Waals surface area contributed by atoms with Crippen LogP contribution in [0.2, 0.25) is 0 Å². The number of rotatable bonds is 2. The molecule has 1 aliphatic rings. The van der Waals surface area contributed by atoms with Crippen molar-refractivity contribution in [1.82, 2.24) is 15.1 Å². The number of hydrogen-bond acceptors (Lipinski definition) is 4. The first-order valence-corrected chi connectivity index (χ1v) is 7.42. The van der Waals surface area contributed by atoms with Gasteiger partial charge in [0.2, 0.25) is 0 Å². The van der Waals surface area contributed by atoms with E-state index >= 15 is 0 Å². The maximum absolute atomic E-state index is 12.0. The number of carbonyl (C=O) groups is 1. The molecule has 1 N–H and O–H groups in total. The van der Waals surface area contributed by atoms with Crippen LogP contribution in [0.15, 0.2) is 28.4 Å². The molecule has 0 fully saturated rings. The molecule has 5 nitrogen and oxygen atoms in total. The zero-order chi connectivity index (χ0) is 14.1. The van der Waals surface area contributed by atoms with Crippen LogP contribution in [0.5, 0.6) is 0 Å². The fraction of sp³-hybridized carbons (Fsp3) is 0.357. The average molecular weight is 289 g/mol. The number of thiophene rings is 1. The van der Waals surface area contributed by atoms with Crippen molar-refractivity contribution >= 4 is 17.2 Å². The Kier molecular flexibility index (Phi) is 3.40. The van der Waals surface area contributed by atoms with Crippen LogP contribution < -0.4 is 10.9 Å². The van der Waals surface area contributed by atoms with Gasteiger partial charge in [-0.2, -0.15) is 5.10 Å². The number of amides is 1. The fourth-order valence-electron chi connectivity index (χ4n) is 2.47. The number of carbonyl (C=O) groups excluding carboxylic acids is 1. The summed E-state index contributed by atoms with van der Waals surface area (Å²) in [6.07, 6.45) is 2.32. The van der Waals surface area contributed by atoms with Crippen LogP contribution in [-0.4, -0.2) is 21.7 Å². The van der Waals surface area contributed by atoms with Crippen LogP contribution in [0, 0.1) is 0 Å². The van der Waals surface area contributed by atoms with E-state index in [4.69, 9.17) is 0 Å². The second-order valence-electron chi connectivity index (χ2n) is 4.97. The van der Waals surface area contributed by atoms with Gasteiger partial charge in [-0.05, 0) is 36.3 Å². The summed E-state index contributed by atoms with van der Waals surface area (Å²) in [6, 6.07) is 5.38. The van der Waals surface area contributed by atoms with E-state index in [1.807, 2.05) is 17.5 Å². The number of nitrogens with zero attached hydrogens (tertiary/aromatic N) is 2. The SMILES string of the molecule is Cn1nc2c(cc1=O)CC(NC(=O)c1cccs1)CC2. The molecule has 2 aromatic rings. The van der Waals surface area contributed by atoms with Gasteiger partial charge < -0.3 is 5.32 Å².